The first-order valence-electron chi connectivity index (χ1n) is 14.9. The van der Waals surface area contributed by atoms with Crippen molar-refractivity contribution in [2.45, 2.75) is 49.9 Å². The largest absolute Gasteiger partial charge is 0.489 e. The Bertz CT molecular complexity index is 1970. The maximum atomic E-state index is 14.8. The van der Waals surface area contributed by atoms with Gasteiger partial charge < -0.3 is 31.5 Å². The number of ether oxygens (including phenoxy) is 1. The fraction of sp³-hybridized carbons (Fsp3) is 0.303. The summed E-state index contributed by atoms with van der Waals surface area (Å²) >= 11 is 0. The number of urea groups is 1. The topological polar surface area (TPSA) is 169 Å². The lowest BCUT2D eigenvalue weighted by Gasteiger charge is -2.31. The Morgan fingerprint density at radius 1 is 1.06 bits per heavy atom. The van der Waals surface area contributed by atoms with Gasteiger partial charge in [-0.3, -0.25) is 14.6 Å². The van der Waals surface area contributed by atoms with Gasteiger partial charge in [0.25, 0.3) is 5.91 Å². The maximum Gasteiger partial charge on any atom is 0.424 e. The summed E-state index contributed by atoms with van der Waals surface area (Å²) in [6, 6.07) is 11.0. The minimum Gasteiger partial charge on any atom is -0.489 e. The van der Waals surface area contributed by atoms with Gasteiger partial charge in [-0.05, 0) is 75.2 Å². The third-order valence-corrected chi connectivity index (χ3v) is 8.49. The van der Waals surface area contributed by atoms with E-state index in [1.54, 1.807) is 19.1 Å². The number of hydrogen-bond donors (Lipinski definition) is 5. The number of primary amides is 1. The summed E-state index contributed by atoms with van der Waals surface area (Å²) in [6.45, 7) is 1.40. The van der Waals surface area contributed by atoms with E-state index in [2.05, 4.69) is 25.9 Å². The van der Waals surface area contributed by atoms with E-state index < -0.39 is 53.1 Å². The third-order valence-electron chi connectivity index (χ3n) is 8.49. The molecule has 4 amide bonds. The van der Waals surface area contributed by atoms with Crippen LogP contribution in [0.15, 0.2) is 54.6 Å². The molecule has 48 heavy (non-hydrogen) atoms. The van der Waals surface area contributed by atoms with Gasteiger partial charge in [-0.1, -0.05) is 6.07 Å². The molecule has 3 heterocycles. The number of anilines is 1. The average Bonchev–Trinajstić information content (AvgIpc) is 3.78. The number of alkyl halides is 3. The Hall–Kier alpha value is -5.31. The van der Waals surface area contributed by atoms with Gasteiger partial charge in [0, 0.05) is 33.8 Å². The summed E-state index contributed by atoms with van der Waals surface area (Å²) in [7, 11) is 0. The van der Waals surface area contributed by atoms with Crippen molar-refractivity contribution in [2.75, 3.05) is 18.5 Å². The fourth-order valence-electron chi connectivity index (χ4n) is 5.38. The van der Waals surface area contributed by atoms with Crippen molar-refractivity contribution in [3.05, 3.63) is 82.9 Å². The number of fused-ring (bicyclic) bond motifs is 2. The van der Waals surface area contributed by atoms with E-state index in [9.17, 15) is 37.1 Å². The molecule has 250 valence electrons. The van der Waals surface area contributed by atoms with Crippen molar-refractivity contribution in [2.24, 2.45) is 5.73 Å². The number of nitrogens with zero attached hydrogens (tertiary/aromatic N) is 2. The number of carbonyl (C=O) groups excluding carboxylic acids is 3. The second-order valence-electron chi connectivity index (χ2n) is 12.2. The highest BCUT2D eigenvalue weighted by molar-refractivity contribution is 6.05. The molecule has 0 radical (unpaired) electrons. The van der Waals surface area contributed by atoms with Crippen molar-refractivity contribution in [3.8, 4) is 17.0 Å². The van der Waals surface area contributed by atoms with Crippen molar-refractivity contribution in [3.63, 3.8) is 0 Å². The number of aryl methyl sites for hydroxylation is 1. The number of nitrogens with one attached hydrogen (secondary N) is 3. The van der Waals surface area contributed by atoms with Crippen molar-refractivity contribution < 1.29 is 41.8 Å². The molecule has 0 spiro atoms. The molecule has 2 atom stereocenters. The lowest BCUT2D eigenvalue weighted by atomic mass is 9.81. The van der Waals surface area contributed by atoms with E-state index in [4.69, 9.17) is 10.5 Å². The number of amides is 4. The summed E-state index contributed by atoms with van der Waals surface area (Å²) in [4.78, 5) is 47.0. The minimum absolute atomic E-state index is 0.0290. The third kappa shape index (κ3) is 5.96. The van der Waals surface area contributed by atoms with Gasteiger partial charge in [-0.25, -0.2) is 14.2 Å². The SMILES string of the molecule is Cc1ccc2cc(C(=O)NCC(O)(c3cc4c(c(-c5ccc(F)cc5)n3)OC[C@]4(C)C(N)=O)C(F)(F)F)cc(NC(=O)NC3CC3)c2n1. The van der Waals surface area contributed by atoms with Crippen LogP contribution >= 0.6 is 0 Å². The standard InChI is InChI=1S/C33H30F4N6O5/c1-16-3-4-18-11-19(12-23(25(18)40-16)42-30(46)41-21-9-10-21)28(44)39-14-32(47,33(35,36)37)24-13-22-27(48-15-31(22,2)29(38)45)26(43-24)17-5-7-20(34)8-6-17/h3-8,11-13,21,47H,9-10,14-15H2,1-2H3,(H2,38,45)(H,39,44)(H2,41,42,46)/t31-,32?/m0/s1. The highest BCUT2D eigenvalue weighted by Crippen LogP contribution is 2.47. The van der Waals surface area contributed by atoms with Crippen LogP contribution in [0.3, 0.4) is 0 Å². The first kappa shape index (κ1) is 32.6. The van der Waals surface area contributed by atoms with E-state index >= 15 is 0 Å². The van der Waals surface area contributed by atoms with Crippen LogP contribution in [0.5, 0.6) is 5.75 Å². The molecule has 11 nitrogen and oxygen atoms in total. The monoisotopic (exact) mass is 666 g/mol. The number of hydrogen-bond acceptors (Lipinski definition) is 7. The van der Waals surface area contributed by atoms with Crippen LogP contribution in [-0.4, -0.2) is 58.3 Å². The van der Waals surface area contributed by atoms with Crippen molar-refractivity contribution >= 4 is 34.4 Å². The Morgan fingerprint density at radius 2 is 1.77 bits per heavy atom. The minimum atomic E-state index is -5.40. The van der Waals surface area contributed by atoms with Crippen LogP contribution in [0.1, 0.15) is 47.1 Å². The molecule has 2 aromatic carbocycles. The van der Waals surface area contributed by atoms with Crippen LogP contribution in [0.4, 0.5) is 28.0 Å². The van der Waals surface area contributed by atoms with E-state index in [1.165, 1.54) is 31.2 Å². The molecule has 1 aliphatic heterocycles. The molecular weight excluding hydrogens is 636 g/mol. The van der Waals surface area contributed by atoms with E-state index in [-0.39, 0.29) is 46.5 Å². The average molecular weight is 667 g/mol. The van der Waals surface area contributed by atoms with Crippen LogP contribution in [0, 0.1) is 12.7 Å². The Labute approximate surface area is 270 Å². The van der Waals surface area contributed by atoms with Crippen LogP contribution in [-0.2, 0) is 15.8 Å². The smallest absolute Gasteiger partial charge is 0.424 e. The van der Waals surface area contributed by atoms with Gasteiger partial charge in [0.2, 0.25) is 11.5 Å². The normalized spacial score (nSPS) is 18.4. The van der Waals surface area contributed by atoms with Crippen LogP contribution in [0.25, 0.3) is 22.2 Å². The zero-order valence-electron chi connectivity index (χ0n) is 25.7. The Balaban J connectivity index is 1.38. The highest BCUT2D eigenvalue weighted by atomic mass is 19.4. The number of pyridine rings is 2. The predicted octanol–water partition coefficient (Wildman–Crippen LogP) is 4.34. The van der Waals surface area contributed by atoms with Gasteiger partial charge in [0.1, 0.15) is 29.3 Å². The summed E-state index contributed by atoms with van der Waals surface area (Å²) in [5.74, 6) is -2.57. The second kappa shape index (κ2) is 11.7. The van der Waals surface area contributed by atoms with Crippen molar-refractivity contribution in [1.29, 1.82) is 0 Å². The fourth-order valence-corrected chi connectivity index (χ4v) is 5.38. The molecule has 1 aliphatic carbocycles. The number of carbonyl (C=O) groups is 3. The van der Waals surface area contributed by atoms with E-state index in [0.29, 0.717) is 16.6 Å². The molecule has 1 saturated carbocycles. The molecule has 6 rings (SSSR count). The van der Waals surface area contributed by atoms with Gasteiger partial charge in [-0.2, -0.15) is 13.2 Å². The van der Waals surface area contributed by atoms with Gasteiger partial charge >= 0.3 is 12.2 Å². The van der Waals surface area contributed by atoms with E-state index in [0.717, 1.165) is 31.0 Å². The maximum absolute atomic E-state index is 14.8. The van der Waals surface area contributed by atoms with Crippen molar-refractivity contribution in [1.82, 2.24) is 20.6 Å². The number of aromatic nitrogens is 2. The summed E-state index contributed by atoms with van der Waals surface area (Å²) in [5, 5.41) is 19.3. The molecule has 0 saturated heterocycles. The molecule has 6 N–H and O–H groups in total. The number of benzene rings is 2. The molecule has 4 aromatic rings. The van der Waals surface area contributed by atoms with Crippen LogP contribution in [0.2, 0.25) is 0 Å². The molecule has 2 aliphatic rings. The summed E-state index contributed by atoms with van der Waals surface area (Å²) < 4.78 is 63.9. The zero-order valence-corrected chi connectivity index (χ0v) is 25.7. The number of halogens is 4. The molecule has 0 bridgehead atoms. The molecule has 1 fully saturated rings. The molecule has 15 heteroatoms. The van der Waals surface area contributed by atoms with E-state index in [1.807, 2.05) is 0 Å². The highest BCUT2D eigenvalue weighted by Gasteiger charge is 2.57. The number of rotatable bonds is 8. The van der Waals surface area contributed by atoms with Crippen LogP contribution < -0.4 is 26.4 Å². The summed E-state index contributed by atoms with van der Waals surface area (Å²) in [5.41, 5.74) is 0.182. The van der Waals surface area contributed by atoms with Gasteiger partial charge in [-0.15, -0.1) is 0 Å². The Morgan fingerprint density at radius 3 is 2.42 bits per heavy atom. The zero-order chi connectivity index (χ0) is 34.6. The molecule has 2 aromatic heterocycles. The summed E-state index contributed by atoms with van der Waals surface area (Å²) in [6.07, 6.45) is -3.74. The number of nitrogens with two attached hydrogens (primary N) is 1. The Kier molecular flexibility index (Phi) is 7.98. The predicted molar refractivity (Wildman–Crippen MR) is 166 cm³/mol. The first-order valence-corrected chi connectivity index (χ1v) is 14.9. The first-order chi connectivity index (χ1) is 22.6. The van der Waals surface area contributed by atoms with Gasteiger partial charge in [0.05, 0.1) is 23.4 Å². The lowest BCUT2D eigenvalue weighted by Crippen LogP contribution is -2.51. The number of aliphatic hydroxyl groups is 1. The van der Waals surface area contributed by atoms with Gasteiger partial charge in [0.15, 0.2) is 0 Å². The molecule has 1 unspecified atom stereocenters. The second-order valence-corrected chi connectivity index (χ2v) is 12.2. The quantitative estimate of drug-likeness (QED) is 0.174. The lowest BCUT2D eigenvalue weighted by molar-refractivity contribution is -0.265. The molecular formula is C33H30F4N6O5.